The van der Waals surface area contributed by atoms with Crippen LogP contribution in [-0.2, 0) is 23.9 Å². The predicted octanol–water partition coefficient (Wildman–Crippen LogP) is 5.17. The molecule has 0 radical (unpaired) electrons. The van der Waals surface area contributed by atoms with Crippen LogP contribution in [0.1, 0.15) is 50.3 Å². The zero-order valence-corrected chi connectivity index (χ0v) is 26.2. The molecular formula is C33H37N3O7S. The second-order valence-corrected chi connectivity index (χ2v) is 11.3. The van der Waals surface area contributed by atoms with Crippen molar-refractivity contribution in [2.24, 2.45) is 10.9 Å². The Morgan fingerprint density at radius 2 is 1.73 bits per heavy atom. The molecule has 0 N–H and O–H groups in total. The molecule has 0 spiro atoms. The molecule has 2 unspecified atom stereocenters. The molecule has 1 saturated heterocycles. The number of amides is 1. The Balaban J connectivity index is 1.55. The molecule has 0 bridgehead atoms. The fraction of sp³-hybridized carbons (Fsp3) is 0.394. The molecule has 3 aliphatic heterocycles. The molecule has 1 fully saturated rings. The molecule has 2 aromatic carbocycles. The summed E-state index contributed by atoms with van der Waals surface area (Å²) >= 11 is 1.40. The average molecular weight is 620 g/mol. The highest BCUT2D eigenvalue weighted by Gasteiger charge is 2.43. The van der Waals surface area contributed by atoms with E-state index < -0.39 is 12.0 Å². The maximum absolute atomic E-state index is 13.8. The minimum atomic E-state index is -0.667. The minimum absolute atomic E-state index is 0.0716. The van der Waals surface area contributed by atoms with Crippen molar-refractivity contribution >= 4 is 40.5 Å². The highest BCUT2D eigenvalue weighted by atomic mass is 32.2. The summed E-state index contributed by atoms with van der Waals surface area (Å²) in [7, 11) is 3.13. The zero-order chi connectivity index (χ0) is 31.2. The maximum Gasteiger partial charge on any atom is 0.338 e. The van der Waals surface area contributed by atoms with Crippen LogP contribution in [0.25, 0.3) is 5.70 Å². The van der Waals surface area contributed by atoms with E-state index in [-0.39, 0.29) is 30.8 Å². The molecule has 0 aromatic heterocycles. The quantitative estimate of drug-likeness (QED) is 0.333. The molecule has 44 heavy (non-hydrogen) atoms. The summed E-state index contributed by atoms with van der Waals surface area (Å²) in [5.41, 5.74) is 3.09. The summed E-state index contributed by atoms with van der Waals surface area (Å²) in [4.78, 5) is 48.6. The second kappa shape index (κ2) is 14.0. The van der Waals surface area contributed by atoms with Crippen molar-refractivity contribution in [1.82, 2.24) is 9.80 Å². The smallest absolute Gasteiger partial charge is 0.338 e. The summed E-state index contributed by atoms with van der Waals surface area (Å²) in [6.45, 7) is 4.94. The van der Waals surface area contributed by atoms with E-state index >= 15 is 0 Å². The third-order valence-corrected chi connectivity index (χ3v) is 8.69. The molecule has 232 valence electrons. The van der Waals surface area contributed by atoms with E-state index in [1.807, 2.05) is 52.8 Å². The Labute approximate surface area is 261 Å². The SMILES string of the molecule is CCOC(=O)C1=C(c2ccccc2)N=C2SC=C(CC(=O)N3CCCC(C(=O)OCC)C3)N2C1c1ccc(OC)c(OC)c1. The van der Waals surface area contributed by atoms with Crippen molar-refractivity contribution in [3.8, 4) is 11.5 Å². The number of hydrogen-bond donors (Lipinski definition) is 0. The number of ether oxygens (including phenoxy) is 4. The number of carbonyl (C=O) groups excluding carboxylic acids is 3. The number of aliphatic imine (C=N–C) groups is 1. The van der Waals surface area contributed by atoms with Crippen molar-refractivity contribution in [3.63, 3.8) is 0 Å². The van der Waals surface area contributed by atoms with Gasteiger partial charge in [-0.05, 0) is 49.8 Å². The van der Waals surface area contributed by atoms with Gasteiger partial charge in [0.25, 0.3) is 0 Å². The standard InChI is InChI=1S/C33H37N3O7S/c1-5-42-31(38)23-13-10-16-35(19-23)27(37)18-24-20-44-33-34-29(21-11-8-7-9-12-21)28(32(39)43-6-2)30(36(24)33)22-14-15-25(40-3)26(17-22)41-4/h7-9,11-12,14-15,17,20,23,30H,5-6,10,13,16,18-19H2,1-4H3. The third kappa shape index (κ3) is 6.33. The molecule has 0 aliphatic carbocycles. The van der Waals surface area contributed by atoms with Crippen molar-refractivity contribution in [1.29, 1.82) is 0 Å². The maximum atomic E-state index is 13.8. The van der Waals surface area contributed by atoms with Crippen LogP contribution in [0.5, 0.6) is 11.5 Å². The van der Waals surface area contributed by atoms with Crippen molar-refractivity contribution in [2.75, 3.05) is 40.5 Å². The highest BCUT2D eigenvalue weighted by molar-refractivity contribution is 8.16. The number of methoxy groups -OCH3 is 2. The Morgan fingerprint density at radius 3 is 2.43 bits per heavy atom. The van der Waals surface area contributed by atoms with Gasteiger partial charge in [0.05, 0.1) is 57.1 Å². The molecular weight excluding hydrogens is 582 g/mol. The highest BCUT2D eigenvalue weighted by Crippen LogP contribution is 2.48. The number of amidine groups is 1. The van der Waals surface area contributed by atoms with Gasteiger partial charge in [-0.25, -0.2) is 9.79 Å². The summed E-state index contributed by atoms with van der Waals surface area (Å²) < 4.78 is 21.9. The lowest BCUT2D eigenvalue weighted by Crippen LogP contribution is -2.44. The van der Waals surface area contributed by atoms with Crippen LogP contribution in [0.4, 0.5) is 0 Å². The summed E-state index contributed by atoms with van der Waals surface area (Å²) in [5.74, 6) is -0.145. The fourth-order valence-corrected chi connectivity index (χ4v) is 6.67. The Kier molecular flexibility index (Phi) is 9.94. The first-order valence-corrected chi connectivity index (χ1v) is 15.6. The van der Waals surface area contributed by atoms with Crippen molar-refractivity contribution in [2.45, 2.75) is 39.2 Å². The summed E-state index contributed by atoms with van der Waals surface area (Å²) in [5, 5.41) is 2.55. The van der Waals surface area contributed by atoms with E-state index in [9.17, 15) is 14.4 Å². The van der Waals surface area contributed by atoms with Crippen LogP contribution in [0, 0.1) is 5.92 Å². The van der Waals surface area contributed by atoms with Gasteiger partial charge in [0.2, 0.25) is 5.91 Å². The molecule has 3 heterocycles. The number of esters is 2. The summed E-state index contributed by atoms with van der Waals surface area (Å²) in [6, 6.07) is 14.4. The van der Waals surface area contributed by atoms with Gasteiger partial charge in [-0.2, -0.15) is 0 Å². The predicted molar refractivity (Wildman–Crippen MR) is 168 cm³/mol. The van der Waals surface area contributed by atoms with Crippen molar-refractivity contribution < 1.29 is 33.3 Å². The molecule has 0 saturated carbocycles. The van der Waals surface area contributed by atoms with Gasteiger partial charge < -0.3 is 28.7 Å². The van der Waals surface area contributed by atoms with Crippen LogP contribution in [0.3, 0.4) is 0 Å². The molecule has 5 rings (SSSR count). The molecule has 1 amide bonds. The average Bonchev–Trinajstić information content (AvgIpc) is 3.46. The normalized spacial score (nSPS) is 19.5. The van der Waals surface area contributed by atoms with E-state index in [2.05, 4.69) is 0 Å². The number of benzene rings is 2. The number of fused-ring (bicyclic) bond motifs is 1. The van der Waals surface area contributed by atoms with E-state index in [0.717, 1.165) is 17.5 Å². The third-order valence-electron chi connectivity index (χ3n) is 7.80. The Morgan fingerprint density at radius 1 is 0.977 bits per heavy atom. The van der Waals surface area contributed by atoms with Crippen molar-refractivity contribution in [3.05, 3.63) is 76.3 Å². The lowest BCUT2D eigenvalue weighted by molar-refractivity contribution is -0.151. The largest absolute Gasteiger partial charge is 0.493 e. The number of nitrogens with zero attached hydrogens (tertiary/aromatic N) is 3. The number of rotatable bonds is 10. The van der Waals surface area contributed by atoms with Gasteiger partial charge >= 0.3 is 11.9 Å². The monoisotopic (exact) mass is 619 g/mol. The van der Waals surface area contributed by atoms with Gasteiger partial charge in [0.15, 0.2) is 16.7 Å². The number of carbonyl (C=O) groups is 3. The first kappa shape index (κ1) is 31.2. The fourth-order valence-electron chi connectivity index (χ4n) is 5.75. The Hall–Kier alpha value is -4.25. The molecule has 2 aromatic rings. The van der Waals surface area contributed by atoms with Gasteiger partial charge in [0, 0.05) is 24.4 Å². The minimum Gasteiger partial charge on any atom is -0.493 e. The molecule has 11 heteroatoms. The van der Waals surface area contributed by atoms with Gasteiger partial charge in [-0.3, -0.25) is 9.59 Å². The van der Waals surface area contributed by atoms with E-state index in [1.165, 1.54) is 11.8 Å². The summed E-state index contributed by atoms with van der Waals surface area (Å²) in [6.07, 6.45) is 1.49. The zero-order valence-electron chi connectivity index (χ0n) is 25.4. The molecule has 10 nitrogen and oxygen atoms in total. The van der Waals surface area contributed by atoms with Crippen LogP contribution in [0.2, 0.25) is 0 Å². The lowest BCUT2D eigenvalue weighted by atomic mass is 9.91. The van der Waals surface area contributed by atoms with Gasteiger partial charge in [0.1, 0.15) is 0 Å². The number of piperidine rings is 1. The number of thioether (sulfide) groups is 1. The van der Waals surface area contributed by atoms with Crippen LogP contribution in [0.15, 0.2) is 70.2 Å². The second-order valence-electron chi connectivity index (χ2n) is 10.5. The first-order chi connectivity index (χ1) is 21.4. The Bertz CT molecular complexity index is 1500. The lowest BCUT2D eigenvalue weighted by Gasteiger charge is -2.38. The topological polar surface area (TPSA) is 107 Å². The van der Waals surface area contributed by atoms with Crippen LogP contribution < -0.4 is 9.47 Å². The molecule has 2 atom stereocenters. The van der Waals surface area contributed by atoms with E-state index in [0.29, 0.717) is 59.8 Å². The number of likely N-dealkylation sites (tertiary alicyclic amines) is 1. The van der Waals surface area contributed by atoms with Gasteiger partial charge in [-0.15, -0.1) is 0 Å². The van der Waals surface area contributed by atoms with E-state index in [4.69, 9.17) is 23.9 Å². The molecule has 3 aliphatic rings. The van der Waals surface area contributed by atoms with Gasteiger partial charge in [-0.1, -0.05) is 48.2 Å². The first-order valence-electron chi connectivity index (χ1n) is 14.8. The number of hydrogen-bond acceptors (Lipinski definition) is 10. The van der Waals surface area contributed by atoms with Crippen LogP contribution in [-0.4, -0.2) is 73.3 Å². The van der Waals surface area contributed by atoms with E-state index in [1.54, 1.807) is 39.0 Å². The van der Waals surface area contributed by atoms with Crippen LogP contribution >= 0.6 is 11.8 Å².